The first kappa shape index (κ1) is 14.7. The number of aromatic nitrogens is 2. The van der Waals surface area contributed by atoms with Crippen LogP contribution in [0.5, 0.6) is 0 Å². The Hall–Kier alpha value is -1.36. The second-order valence-corrected chi connectivity index (χ2v) is 4.55. The summed E-state index contributed by atoms with van der Waals surface area (Å²) in [7, 11) is 0. The van der Waals surface area contributed by atoms with Gasteiger partial charge in [-0.2, -0.15) is 5.10 Å². The Bertz CT molecular complexity index is 387. The molecule has 2 N–H and O–H groups in total. The molecule has 1 rings (SSSR count). The molecule has 0 aliphatic rings. The molecule has 0 aromatic carbocycles. The fraction of sp³-hybridized carbons (Fsp3) is 0.692. The molecular weight excluding hydrogens is 228 g/mol. The van der Waals surface area contributed by atoms with E-state index in [1.165, 1.54) is 6.07 Å². The van der Waals surface area contributed by atoms with Crippen molar-refractivity contribution in [3.63, 3.8) is 0 Å². The third-order valence-electron chi connectivity index (χ3n) is 3.08. The van der Waals surface area contributed by atoms with Crippen LogP contribution >= 0.6 is 0 Å². The molecule has 0 aliphatic carbocycles. The molecule has 18 heavy (non-hydrogen) atoms. The summed E-state index contributed by atoms with van der Waals surface area (Å²) in [4.78, 5) is 13.5. The van der Waals surface area contributed by atoms with Crippen molar-refractivity contribution in [2.75, 3.05) is 25.0 Å². The Morgan fingerprint density at radius 2 is 2.17 bits per heavy atom. The first-order chi connectivity index (χ1) is 8.65. The van der Waals surface area contributed by atoms with Crippen molar-refractivity contribution in [3.8, 4) is 0 Å². The highest BCUT2D eigenvalue weighted by atomic mass is 16.1. The largest absolute Gasteiger partial charge is 0.381 e. The lowest BCUT2D eigenvalue weighted by Gasteiger charge is -2.20. The minimum absolute atomic E-state index is 0.171. The summed E-state index contributed by atoms with van der Waals surface area (Å²) in [6.07, 6.45) is 3.89. The van der Waals surface area contributed by atoms with Crippen LogP contribution in [0, 0.1) is 0 Å². The van der Waals surface area contributed by atoms with Gasteiger partial charge in [0.15, 0.2) is 0 Å². The molecule has 1 heterocycles. The molecule has 5 nitrogen and oxygen atoms in total. The maximum absolute atomic E-state index is 11.1. The van der Waals surface area contributed by atoms with Gasteiger partial charge in [0.2, 0.25) is 0 Å². The SMILES string of the molecule is CCN(CC)CCCC(C)Nc1cn[nH]c(=O)c1. The van der Waals surface area contributed by atoms with Gasteiger partial charge in [-0.15, -0.1) is 0 Å². The molecule has 1 aromatic rings. The van der Waals surface area contributed by atoms with Gasteiger partial charge < -0.3 is 10.2 Å². The molecule has 0 aliphatic heterocycles. The van der Waals surface area contributed by atoms with Crippen LogP contribution in [0.2, 0.25) is 0 Å². The lowest BCUT2D eigenvalue weighted by atomic mass is 10.1. The van der Waals surface area contributed by atoms with Gasteiger partial charge in [0.1, 0.15) is 0 Å². The maximum atomic E-state index is 11.1. The predicted octanol–water partition coefficient (Wildman–Crippen LogP) is 1.69. The lowest BCUT2D eigenvalue weighted by Crippen LogP contribution is -2.25. The minimum Gasteiger partial charge on any atom is -0.381 e. The number of anilines is 1. The zero-order valence-corrected chi connectivity index (χ0v) is 11.6. The van der Waals surface area contributed by atoms with Crippen molar-refractivity contribution in [1.82, 2.24) is 15.1 Å². The molecule has 5 heteroatoms. The Morgan fingerprint density at radius 1 is 1.44 bits per heavy atom. The second kappa shape index (κ2) is 7.87. The first-order valence-electron chi connectivity index (χ1n) is 6.69. The van der Waals surface area contributed by atoms with Gasteiger partial charge in [-0.05, 0) is 39.4 Å². The average Bonchev–Trinajstić information content (AvgIpc) is 2.34. The Kier molecular flexibility index (Phi) is 6.43. The highest BCUT2D eigenvalue weighted by molar-refractivity contribution is 5.39. The van der Waals surface area contributed by atoms with Crippen molar-refractivity contribution in [2.45, 2.75) is 39.7 Å². The molecule has 0 spiro atoms. The fourth-order valence-electron chi connectivity index (χ4n) is 1.97. The van der Waals surface area contributed by atoms with E-state index >= 15 is 0 Å². The number of aromatic amines is 1. The summed E-state index contributed by atoms with van der Waals surface area (Å²) in [5.41, 5.74) is 0.615. The van der Waals surface area contributed by atoms with E-state index in [-0.39, 0.29) is 5.56 Å². The molecule has 0 saturated heterocycles. The van der Waals surface area contributed by atoms with E-state index in [2.05, 4.69) is 41.2 Å². The Balaban J connectivity index is 2.29. The summed E-state index contributed by atoms with van der Waals surface area (Å²) in [5.74, 6) is 0. The molecule has 0 bridgehead atoms. The molecule has 0 radical (unpaired) electrons. The van der Waals surface area contributed by atoms with E-state index in [1.807, 2.05) is 0 Å². The number of H-pyrrole nitrogens is 1. The number of nitrogens with one attached hydrogen (secondary N) is 2. The third kappa shape index (κ3) is 5.31. The molecule has 0 saturated carbocycles. The van der Waals surface area contributed by atoms with Crippen LogP contribution in [0.25, 0.3) is 0 Å². The molecule has 102 valence electrons. The van der Waals surface area contributed by atoms with Gasteiger partial charge in [-0.3, -0.25) is 4.79 Å². The van der Waals surface area contributed by atoms with Crippen LogP contribution in [0.1, 0.15) is 33.6 Å². The summed E-state index contributed by atoms with van der Waals surface area (Å²) < 4.78 is 0. The van der Waals surface area contributed by atoms with Crippen molar-refractivity contribution >= 4 is 5.69 Å². The number of hydrogen-bond donors (Lipinski definition) is 2. The molecule has 0 amide bonds. The second-order valence-electron chi connectivity index (χ2n) is 4.55. The summed E-state index contributed by atoms with van der Waals surface area (Å²) in [6, 6.07) is 1.89. The maximum Gasteiger partial charge on any atom is 0.266 e. The van der Waals surface area contributed by atoms with E-state index in [0.29, 0.717) is 6.04 Å². The molecule has 1 unspecified atom stereocenters. The highest BCUT2D eigenvalue weighted by Gasteiger charge is 2.04. The van der Waals surface area contributed by atoms with Crippen LogP contribution in [-0.4, -0.2) is 40.8 Å². The molecule has 1 aromatic heterocycles. The smallest absolute Gasteiger partial charge is 0.266 e. The molecular formula is C13H24N4O. The molecule has 0 fully saturated rings. The quantitative estimate of drug-likeness (QED) is 0.739. The van der Waals surface area contributed by atoms with Crippen molar-refractivity contribution in [1.29, 1.82) is 0 Å². The van der Waals surface area contributed by atoms with E-state index in [0.717, 1.165) is 38.2 Å². The van der Waals surface area contributed by atoms with Crippen LogP contribution < -0.4 is 10.9 Å². The van der Waals surface area contributed by atoms with Gasteiger partial charge >= 0.3 is 0 Å². The Morgan fingerprint density at radius 3 is 2.78 bits per heavy atom. The van der Waals surface area contributed by atoms with Gasteiger partial charge in [-0.25, -0.2) is 5.10 Å². The van der Waals surface area contributed by atoms with Gasteiger partial charge in [0.05, 0.1) is 11.9 Å². The van der Waals surface area contributed by atoms with E-state index < -0.39 is 0 Å². The summed E-state index contributed by atoms with van der Waals surface area (Å²) in [6.45, 7) is 9.85. The van der Waals surface area contributed by atoms with Gasteiger partial charge in [0.25, 0.3) is 5.56 Å². The predicted molar refractivity (Wildman–Crippen MR) is 75.0 cm³/mol. The number of nitrogens with zero attached hydrogens (tertiary/aromatic N) is 2. The van der Waals surface area contributed by atoms with Crippen molar-refractivity contribution in [3.05, 3.63) is 22.6 Å². The van der Waals surface area contributed by atoms with E-state index in [1.54, 1.807) is 6.20 Å². The summed E-state index contributed by atoms with van der Waals surface area (Å²) in [5, 5.41) is 9.42. The topological polar surface area (TPSA) is 61.0 Å². The monoisotopic (exact) mass is 252 g/mol. The van der Waals surface area contributed by atoms with E-state index in [4.69, 9.17) is 0 Å². The zero-order chi connectivity index (χ0) is 13.4. The van der Waals surface area contributed by atoms with Gasteiger partial charge in [-0.1, -0.05) is 13.8 Å². The van der Waals surface area contributed by atoms with E-state index in [9.17, 15) is 4.79 Å². The van der Waals surface area contributed by atoms with Crippen LogP contribution in [0.15, 0.2) is 17.1 Å². The summed E-state index contributed by atoms with van der Waals surface area (Å²) >= 11 is 0. The third-order valence-corrected chi connectivity index (χ3v) is 3.08. The average molecular weight is 252 g/mol. The minimum atomic E-state index is -0.171. The zero-order valence-electron chi connectivity index (χ0n) is 11.6. The van der Waals surface area contributed by atoms with Crippen molar-refractivity contribution < 1.29 is 0 Å². The normalized spacial score (nSPS) is 12.7. The van der Waals surface area contributed by atoms with Crippen LogP contribution in [-0.2, 0) is 0 Å². The number of rotatable bonds is 8. The number of hydrogen-bond acceptors (Lipinski definition) is 4. The van der Waals surface area contributed by atoms with Gasteiger partial charge in [0, 0.05) is 12.1 Å². The lowest BCUT2D eigenvalue weighted by molar-refractivity contribution is 0.295. The highest BCUT2D eigenvalue weighted by Crippen LogP contribution is 2.07. The first-order valence-corrected chi connectivity index (χ1v) is 6.69. The van der Waals surface area contributed by atoms with Crippen LogP contribution in [0.4, 0.5) is 5.69 Å². The molecule has 1 atom stereocenters. The standard InChI is InChI=1S/C13H24N4O/c1-4-17(5-2)8-6-7-11(3)15-12-9-13(18)16-14-10-12/h9-11H,4-8H2,1-3H3,(H2,15,16,18). The fourth-order valence-corrected chi connectivity index (χ4v) is 1.97. The van der Waals surface area contributed by atoms with Crippen molar-refractivity contribution in [2.24, 2.45) is 0 Å². The van der Waals surface area contributed by atoms with Crippen LogP contribution in [0.3, 0.4) is 0 Å². The Labute approximate surface area is 109 Å².